The van der Waals surface area contributed by atoms with Crippen LogP contribution in [0.3, 0.4) is 0 Å². The lowest BCUT2D eigenvalue weighted by molar-refractivity contribution is 0.239. The Morgan fingerprint density at radius 1 is 1.14 bits per heavy atom. The van der Waals surface area contributed by atoms with Crippen molar-refractivity contribution in [1.29, 1.82) is 0 Å². The molecule has 0 radical (unpaired) electrons. The maximum absolute atomic E-state index is 11.8. The topological polar surface area (TPSA) is 50.4 Å². The van der Waals surface area contributed by atoms with Gasteiger partial charge >= 0.3 is 6.03 Å². The molecule has 2 amide bonds. The fourth-order valence-corrected chi connectivity index (χ4v) is 2.58. The zero-order valence-corrected chi connectivity index (χ0v) is 12.6. The van der Waals surface area contributed by atoms with Crippen LogP contribution in [0, 0.1) is 0 Å². The minimum absolute atomic E-state index is 0.119. The van der Waals surface area contributed by atoms with Gasteiger partial charge in [0.05, 0.1) is 7.11 Å². The molecule has 0 aromatic heterocycles. The third kappa shape index (κ3) is 5.50. The minimum atomic E-state index is -0.119. The monoisotopic (exact) mass is 288 g/mol. The molecule has 0 bridgehead atoms. The molecule has 0 spiro atoms. The number of hydrogen-bond donors (Lipinski definition) is 2. The van der Waals surface area contributed by atoms with E-state index in [1.807, 2.05) is 30.3 Å². The van der Waals surface area contributed by atoms with Crippen molar-refractivity contribution in [2.75, 3.05) is 7.11 Å². The smallest absolute Gasteiger partial charge is 0.318 e. The summed E-state index contributed by atoms with van der Waals surface area (Å²) < 4.78 is 5.10. The minimum Gasteiger partial charge on any atom is -0.497 e. The predicted octanol–water partition coefficient (Wildman–Crippen LogP) is 3.69. The lowest BCUT2D eigenvalue weighted by atomic mass is 10.1. The summed E-state index contributed by atoms with van der Waals surface area (Å²) in [5.41, 5.74) is 1.02. The van der Waals surface area contributed by atoms with Crippen LogP contribution in [0.25, 0.3) is 6.08 Å². The van der Waals surface area contributed by atoms with Crippen molar-refractivity contribution in [3.05, 3.63) is 36.0 Å². The quantitative estimate of drug-likeness (QED) is 0.830. The van der Waals surface area contributed by atoms with E-state index < -0.39 is 0 Å². The highest BCUT2D eigenvalue weighted by Gasteiger charge is 2.13. The van der Waals surface area contributed by atoms with Gasteiger partial charge in [-0.1, -0.05) is 37.8 Å². The third-order valence-electron chi connectivity index (χ3n) is 3.80. The van der Waals surface area contributed by atoms with E-state index in [0.717, 1.165) is 24.2 Å². The van der Waals surface area contributed by atoms with E-state index in [4.69, 9.17) is 4.74 Å². The number of nitrogens with one attached hydrogen (secondary N) is 2. The van der Waals surface area contributed by atoms with E-state index in [0.29, 0.717) is 6.04 Å². The summed E-state index contributed by atoms with van der Waals surface area (Å²) >= 11 is 0. The first kappa shape index (κ1) is 15.4. The van der Waals surface area contributed by atoms with Gasteiger partial charge < -0.3 is 15.4 Å². The van der Waals surface area contributed by atoms with Crippen LogP contribution in [-0.4, -0.2) is 19.2 Å². The Hall–Kier alpha value is -1.97. The SMILES string of the molecule is COc1ccc(/C=C/NC(=O)NC2CCCCCC2)cc1. The maximum atomic E-state index is 11.8. The summed E-state index contributed by atoms with van der Waals surface area (Å²) in [7, 11) is 1.64. The van der Waals surface area contributed by atoms with Crippen LogP contribution in [0.5, 0.6) is 5.75 Å². The lowest BCUT2D eigenvalue weighted by Crippen LogP contribution is -2.39. The number of urea groups is 1. The number of rotatable bonds is 4. The van der Waals surface area contributed by atoms with Crippen molar-refractivity contribution >= 4 is 12.1 Å². The van der Waals surface area contributed by atoms with Gasteiger partial charge in [-0.2, -0.15) is 0 Å². The number of methoxy groups -OCH3 is 1. The van der Waals surface area contributed by atoms with E-state index in [-0.39, 0.29) is 6.03 Å². The fourth-order valence-electron chi connectivity index (χ4n) is 2.58. The van der Waals surface area contributed by atoms with Crippen LogP contribution < -0.4 is 15.4 Å². The molecule has 0 aliphatic heterocycles. The van der Waals surface area contributed by atoms with Crippen molar-refractivity contribution in [2.45, 2.75) is 44.6 Å². The second-order valence-electron chi connectivity index (χ2n) is 5.41. The van der Waals surface area contributed by atoms with Gasteiger partial charge in [0.25, 0.3) is 0 Å². The molecule has 1 aromatic rings. The summed E-state index contributed by atoms with van der Waals surface area (Å²) in [5.74, 6) is 0.825. The van der Waals surface area contributed by atoms with Gasteiger partial charge in [-0.3, -0.25) is 0 Å². The average molecular weight is 288 g/mol. The van der Waals surface area contributed by atoms with Gasteiger partial charge in [-0.05, 0) is 36.6 Å². The van der Waals surface area contributed by atoms with Crippen molar-refractivity contribution < 1.29 is 9.53 Å². The highest BCUT2D eigenvalue weighted by atomic mass is 16.5. The summed E-state index contributed by atoms with van der Waals surface area (Å²) in [4.78, 5) is 11.8. The van der Waals surface area contributed by atoms with Crippen LogP contribution in [0.4, 0.5) is 4.79 Å². The molecule has 1 aliphatic rings. The van der Waals surface area contributed by atoms with Crippen molar-refractivity contribution in [2.24, 2.45) is 0 Å². The Morgan fingerprint density at radius 3 is 2.43 bits per heavy atom. The van der Waals surface area contributed by atoms with Gasteiger partial charge in [0.2, 0.25) is 0 Å². The normalized spacial score (nSPS) is 16.4. The van der Waals surface area contributed by atoms with Crippen LogP contribution in [0.2, 0.25) is 0 Å². The van der Waals surface area contributed by atoms with Gasteiger partial charge in [0.15, 0.2) is 0 Å². The van der Waals surface area contributed by atoms with Crippen LogP contribution >= 0.6 is 0 Å². The van der Waals surface area contributed by atoms with Gasteiger partial charge in [-0.15, -0.1) is 0 Å². The van der Waals surface area contributed by atoms with Crippen molar-refractivity contribution in [1.82, 2.24) is 10.6 Å². The molecule has 0 saturated heterocycles. The lowest BCUT2D eigenvalue weighted by Gasteiger charge is -2.15. The fraction of sp³-hybridized carbons (Fsp3) is 0.471. The molecule has 1 aromatic carbocycles. The number of carbonyl (C=O) groups excluding carboxylic acids is 1. The van der Waals surface area contributed by atoms with E-state index >= 15 is 0 Å². The molecule has 4 nitrogen and oxygen atoms in total. The second kappa shape index (κ2) is 8.35. The molecule has 0 unspecified atom stereocenters. The molecule has 1 fully saturated rings. The largest absolute Gasteiger partial charge is 0.497 e. The number of ether oxygens (including phenoxy) is 1. The Balaban J connectivity index is 1.75. The molecule has 0 atom stereocenters. The Morgan fingerprint density at radius 2 is 1.81 bits per heavy atom. The van der Waals surface area contributed by atoms with Crippen LogP contribution in [0.15, 0.2) is 30.5 Å². The van der Waals surface area contributed by atoms with Gasteiger partial charge in [0, 0.05) is 12.2 Å². The molecule has 1 aliphatic carbocycles. The molecule has 2 N–H and O–H groups in total. The highest BCUT2D eigenvalue weighted by molar-refractivity contribution is 5.76. The van der Waals surface area contributed by atoms with Crippen molar-refractivity contribution in [3.8, 4) is 5.75 Å². The molecule has 114 valence electrons. The summed E-state index contributed by atoms with van der Waals surface area (Å²) in [6.45, 7) is 0. The third-order valence-corrected chi connectivity index (χ3v) is 3.80. The van der Waals surface area contributed by atoms with Gasteiger partial charge in [0.1, 0.15) is 5.75 Å². The number of hydrogen-bond acceptors (Lipinski definition) is 2. The first-order valence-electron chi connectivity index (χ1n) is 7.65. The highest BCUT2D eigenvalue weighted by Crippen LogP contribution is 2.17. The first-order valence-corrected chi connectivity index (χ1v) is 7.65. The molecule has 2 rings (SSSR count). The molecule has 21 heavy (non-hydrogen) atoms. The van der Waals surface area contributed by atoms with E-state index in [1.54, 1.807) is 13.3 Å². The molecule has 1 saturated carbocycles. The molecule has 4 heteroatoms. The Kier molecular flexibility index (Phi) is 6.13. The summed E-state index contributed by atoms with van der Waals surface area (Å²) in [5, 5.41) is 5.81. The maximum Gasteiger partial charge on any atom is 0.318 e. The average Bonchev–Trinajstić information content (AvgIpc) is 2.76. The Bertz CT molecular complexity index is 460. The van der Waals surface area contributed by atoms with E-state index in [2.05, 4.69) is 10.6 Å². The number of benzene rings is 1. The van der Waals surface area contributed by atoms with E-state index in [9.17, 15) is 4.79 Å². The number of amides is 2. The molecule has 0 heterocycles. The van der Waals surface area contributed by atoms with Crippen LogP contribution in [-0.2, 0) is 0 Å². The zero-order valence-electron chi connectivity index (χ0n) is 12.6. The molecular formula is C17H24N2O2. The van der Waals surface area contributed by atoms with E-state index in [1.165, 1.54) is 25.7 Å². The molecular weight excluding hydrogens is 264 g/mol. The zero-order chi connectivity index (χ0) is 14.9. The van der Waals surface area contributed by atoms with Crippen LogP contribution in [0.1, 0.15) is 44.1 Å². The summed E-state index contributed by atoms with van der Waals surface area (Å²) in [6, 6.07) is 7.88. The summed E-state index contributed by atoms with van der Waals surface area (Å²) in [6.07, 6.45) is 10.7. The standard InChI is InChI=1S/C17H24N2O2/c1-21-16-10-8-14(9-11-16)12-13-18-17(20)19-15-6-4-2-3-5-7-15/h8-13,15H,2-7H2,1H3,(H2,18,19,20)/b13-12+. The second-order valence-corrected chi connectivity index (χ2v) is 5.41. The number of carbonyl (C=O) groups is 1. The van der Waals surface area contributed by atoms with Gasteiger partial charge in [-0.25, -0.2) is 4.79 Å². The first-order chi connectivity index (χ1) is 10.3. The Labute approximate surface area is 126 Å². The van der Waals surface area contributed by atoms with Crippen molar-refractivity contribution in [3.63, 3.8) is 0 Å². The predicted molar refractivity (Wildman–Crippen MR) is 85.2 cm³/mol.